The third-order valence-electron chi connectivity index (χ3n) is 5.23. The third kappa shape index (κ3) is 3.45. The van der Waals surface area contributed by atoms with Gasteiger partial charge in [0.15, 0.2) is 5.65 Å². The third-order valence-corrected chi connectivity index (χ3v) is 5.23. The molecular weight excluding hydrogens is 400 g/mol. The second kappa shape index (κ2) is 7.96. The van der Waals surface area contributed by atoms with Gasteiger partial charge in [-0.1, -0.05) is 54.6 Å². The Balaban J connectivity index is 1.69. The van der Waals surface area contributed by atoms with Gasteiger partial charge < -0.3 is 11.1 Å². The zero-order valence-electron chi connectivity index (χ0n) is 17.4. The van der Waals surface area contributed by atoms with Gasteiger partial charge in [-0.15, -0.1) is 0 Å². The second-order valence-electron chi connectivity index (χ2n) is 7.38. The minimum absolute atomic E-state index is 0.175. The highest BCUT2D eigenvalue weighted by Gasteiger charge is 2.24. The molecule has 0 unspecified atom stereocenters. The van der Waals surface area contributed by atoms with Gasteiger partial charge in [-0.2, -0.15) is 9.78 Å². The number of hydrogen-bond donors (Lipinski definition) is 2. The fourth-order valence-corrected chi connectivity index (χ4v) is 3.55. The standard InChI is InChI=1S/C25H20N6O/c1-16-9-5-6-10-17(16)15-27-31-23(26)21(25(32)28-18-11-3-2-4-12-18)22-24(31)30-20-14-8-7-13-19(20)29-22/h2-15H,26H2,1H3,(H,28,32)/b27-15-. The highest BCUT2D eigenvalue weighted by atomic mass is 16.1. The lowest BCUT2D eigenvalue weighted by atomic mass is 10.1. The van der Waals surface area contributed by atoms with E-state index in [1.807, 2.05) is 85.8 Å². The number of fused-ring (bicyclic) bond motifs is 2. The molecule has 0 aliphatic carbocycles. The lowest BCUT2D eigenvalue weighted by molar-refractivity contribution is 0.102. The fourth-order valence-electron chi connectivity index (χ4n) is 3.55. The molecule has 5 aromatic rings. The summed E-state index contributed by atoms with van der Waals surface area (Å²) >= 11 is 0. The van der Waals surface area contributed by atoms with Crippen LogP contribution in [0.3, 0.4) is 0 Å². The summed E-state index contributed by atoms with van der Waals surface area (Å²) in [5.74, 6) is -0.193. The van der Waals surface area contributed by atoms with Gasteiger partial charge in [-0.3, -0.25) is 4.79 Å². The van der Waals surface area contributed by atoms with Gasteiger partial charge >= 0.3 is 0 Å². The van der Waals surface area contributed by atoms with E-state index >= 15 is 0 Å². The van der Waals surface area contributed by atoms with E-state index < -0.39 is 0 Å². The van der Waals surface area contributed by atoms with Gasteiger partial charge in [0.05, 0.1) is 17.2 Å². The van der Waals surface area contributed by atoms with Gasteiger partial charge in [0.25, 0.3) is 5.91 Å². The molecule has 0 fully saturated rings. The zero-order chi connectivity index (χ0) is 22.1. The molecule has 7 heteroatoms. The maximum absolute atomic E-state index is 13.2. The van der Waals surface area contributed by atoms with Gasteiger partial charge in [0.2, 0.25) is 0 Å². The number of carbonyl (C=O) groups is 1. The normalized spacial score (nSPS) is 11.4. The van der Waals surface area contributed by atoms with Crippen LogP contribution >= 0.6 is 0 Å². The fraction of sp³-hybridized carbons (Fsp3) is 0.0400. The Hall–Kier alpha value is -4.52. The lowest BCUT2D eigenvalue weighted by Crippen LogP contribution is -2.14. The van der Waals surface area contributed by atoms with Gasteiger partial charge in [0, 0.05) is 5.69 Å². The van der Waals surface area contributed by atoms with E-state index in [9.17, 15) is 4.79 Å². The maximum Gasteiger partial charge on any atom is 0.261 e. The molecule has 5 rings (SSSR count). The molecule has 0 aliphatic rings. The smallest absolute Gasteiger partial charge is 0.261 e. The molecule has 2 heterocycles. The van der Waals surface area contributed by atoms with Crippen LogP contribution in [0, 0.1) is 6.92 Å². The van der Waals surface area contributed by atoms with Crippen LogP contribution in [0.2, 0.25) is 0 Å². The van der Waals surface area contributed by atoms with E-state index in [2.05, 4.69) is 10.4 Å². The predicted molar refractivity (Wildman–Crippen MR) is 128 cm³/mol. The molecule has 0 saturated heterocycles. The van der Waals surface area contributed by atoms with Crippen LogP contribution in [0.1, 0.15) is 21.5 Å². The number of rotatable bonds is 4. The topological polar surface area (TPSA) is 98.2 Å². The van der Waals surface area contributed by atoms with Crippen LogP contribution in [0.4, 0.5) is 11.5 Å². The SMILES string of the molecule is Cc1ccccc1/C=N\n1c(N)c(C(=O)Nc2ccccc2)c2nc3ccccc3nc21. The molecular formula is C25H20N6O. The van der Waals surface area contributed by atoms with Crippen LogP contribution in [-0.2, 0) is 0 Å². The highest BCUT2D eigenvalue weighted by molar-refractivity contribution is 6.16. The Bertz CT molecular complexity index is 1490. The van der Waals surface area contributed by atoms with E-state index in [-0.39, 0.29) is 17.3 Å². The molecule has 0 atom stereocenters. The van der Waals surface area contributed by atoms with Gasteiger partial charge in [-0.25, -0.2) is 9.97 Å². The average molecular weight is 420 g/mol. The van der Waals surface area contributed by atoms with Crippen molar-refractivity contribution >= 4 is 45.8 Å². The van der Waals surface area contributed by atoms with Crippen LogP contribution < -0.4 is 11.1 Å². The second-order valence-corrected chi connectivity index (χ2v) is 7.38. The Kier molecular flexibility index (Phi) is 4.84. The number of nitrogens with zero attached hydrogens (tertiary/aromatic N) is 4. The Labute approximate surface area is 184 Å². The molecule has 0 radical (unpaired) electrons. The zero-order valence-corrected chi connectivity index (χ0v) is 17.4. The summed E-state index contributed by atoms with van der Waals surface area (Å²) in [5, 5.41) is 7.45. The first-order valence-electron chi connectivity index (χ1n) is 10.1. The maximum atomic E-state index is 13.2. The Morgan fingerprint density at radius 1 is 0.938 bits per heavy atom. The van der Waals surface area contributed by atoms with Crippen molar-refractivity contribution in [3.8, 4) is 0 Å². The minimum Gasteiger partial charge on any atom is -0.383 e. The number of aryl methyl sites for hydroxylation is 1. The molecule has 7 nitrogen and oxygen atoms in total. The van der Waals surface area contributed by atoms with Crippen molar-refractivity contribution in [3.05, 3.63) is 95.6 Å². The number of anilines is 2. The highest BCUT2D eigenvalue weighted by Crippen LogP contribution is 2.28. The van der Waals surface area contributed by atoms with Gasteiger partial charge in [-0.05, 0) is 42.3 Å². The van der Waals surface area contributed by atoms with E-state index in [0.717, 1.165) is 11.1 Å². The molecule has 3 N–H and O–H groups in total. The first-order valence-corrected chi connectivity index (χ1v) is 10.1. The van der Waals surface area contributed by atoms with Crippen molar-refractivity contribution < 1.29 is 4.79 Å². The molecule has 0 saturated carbocycles. The van der Waals surface area contributed by atoms with Crippen molar-refractivity contribution in [2.24, 2.45) is 5.10 Å². The summed E-state index contributed by atoms with van der Waals surface area (Å²) in [6.45, 7) is 2.00. The van der Waals surface area contributed by atoms with Crippen molar-refractivity contribution in [1.29, 1.82) is 0 Å². The summed E-state index contributed by atoms with van der Waals surface area (Å²) < 4.78 is 1.47. The number of carbonyl (C=O) groups excluding carboxylic acids is 1. The molecule has 0 bridgehead atoms. The molecule has 156 valence electrons. The monoisotopic (exact) mass is 420 g/mol. The number of aromatic nitrogens is 3. The summed E-state index contributed by atoms with van der Waals surface area (Å²) in [7, 11) is 0. The predicted octanol–water partition coefficient (Wildman–Crippen LogP) is 4.61. The molecule has 2 aromatic heterocycles. The largest absolute Gasteiger partial charge is 0.383 e. The van der Waals surface area contributed by atoms with Crippen LogP contribution in [0.15, 0.2) is 84.0 Å². The number of benzene rings is 3. The number of nitrogens with one attached hydrogen (secondary N) is 1. The Morgan fingerprint density at radius 3 is 2.34 bits per heavy atom. The summed E-state index contributed by atoms with van der Waals surface area (Å²) in [5.41, 5.74) is 11.6. The van der Waals surface area contributed by atoms with Crippen molar-refractivity contribution in [2.75, 3.05) is 11.1 Å². The van der Waals surface area contributed by atoms with E-state index in [4.69, 9.17) is 15.7 Å². The van der Waals surface area contributed by atoms with E-state index in [1.54, 1.807) is 6.21 Å². The van der Waals surface area contributed by atoms with E-state index in [0.29, 0.717) is 27.9 Å². The summed E-state index contributed by atoms with van der Waals surface area (Å²) in [6, 6.07) is 24.6. The molecule has 1 amide bonds. The number of para-hydroxylation sites is 3. The van der Waals surface area contributed by atoms with Crippen molar-refractivity contribution in [1.82, 2.24) is 14.6 Å². The lowest BCUT2D eigenvalue weighted by Gasteiger charge is -2.05. The van der Waals surface area contributed by atoms with Crippen LogP contribution in [0.25, 0.3) is 22.2 Å². The molecule has 32 heavy (non-hydrogen) atoms. The number of hydrogen-bond acceptors (Lipinski definition) is 5. The summed E-state index contributed by atoms with van der Waals surface area (Å²) in [6.07, 6.45) is 1.71. The molecule has 0 aliphatic heterocycles. The van der Waals surface area contributed by atoms with Crippen molar-refractivity contribution in [3.63, 3.8) is 0 Å². The number of nitrogen functional groups attached to an aromatic ring is 1. The first kappa shape index (κ1) is 19.4. The van der Waals surface area contributed by atoms with Crippen LogP contribution in [-0.4, -0.2) is 26.8 Å². The van der Waals surface area contributed by atoms with E-state index in [1.165, 1.54) is 4.68 Å². The van der Waals surface area contributed by atoms with Crippen LogP contribution in [0.5, 0.6) is 0 Å². The average Bonchev–Trinajstić information content (AvgIpc) is 3.08. The number of nitrogens with two attached hydrogens (primary N) is 1. The quantitative estimate of drug-likeness (QED) is 0.415. The number of amides is 1. The van der Waals surface area contributed by atoms with Crippen molar-refractivity contribution in [2.45, 2.75) is 6.92 Å². The molecule has 3 aromatic carbocycles. The Morgan fingerprint density at radius 2 is 1.59 bits per heavy atom. The minimum atomic E-state index is -0.367. The van der Waals surface area contributed by atoms with Gasteiger partial charge in [0.1, 0.15) is 16.9 Å². The first-order chi connectivity index (χ1) is 15.6. The molecule has 0 spiro atoms. The summed E-state index contributed by atoms with van der Waals surface area (Å²) in [4.78, 5) is 22.6.